The van der Waals surface area contributed by atoms with Crippen LogP contribution in [0.4, 0.5) is 0 Å². The van der Waals surface area contributed by atoms with Crippen LogP contribution in [0, 0.1) is 0 Å². The van der Waals surface area contributed by atoms with Gasteiger partial charge in [0.1, 0.15) is 24.3 Å². The standard InChI is InChI=1S/C14H24N2O5/c1-9(17)20-8-10(15)12(18)16-7-5-6-11(16)13(19)21-14(2,3)4/h10-11H,5-8,15H2,1-4H3/t10-,11-/m0/s1. The van der Waals surface area contributed by atoms with Crippen LogP contribution in [0.15, 0.2) is 0 Å². The highest BCUT2D eigenvalue weighted by atomic mass is 16.6. The summed E-state index contributed by atoms with van der Waals surface area (Å²) in [6.07, 6.45) is 1.27. The lowest BCUT2D eigenvalue weighted by Gasteiger charge is -2.28. The molecule has 0 radical (unpaired) electrons. The minimum atomic E-state index is -0.961. The number of likely N-dealkylation sites (tertiary alicyclic amines) is 1. The molecule has 0 saturated carbocycles. The molecular weight excluding hydrogens is 276 g/mol. The topological polar surface area (TPSA) is 98.9 Å². The number of hydrogen-bond donors (Lipinski definition) is 1. The predicted molar refractivity (Wildman–Crippen MR) is 75.2 cm³/mol. The zero-order chi connectivity index (χ0) is 16.2. The molecule has 1 amide bonds. The first-order valence-electron chi connectivity index (χ1n) is 7.04. The van der Waals surface area contributed by atoms with E-state index in [0.717, 1.165) is 6.42 Å². The van der Waals surface area contributed by atoms with Crippen LogP contribution in [0.3, 0.4) is 0 Å². The Bertz CT molecular complexity index is 416. The summed E-state index contributed by atoms with van der Waals surface area (Å²) in [6, 6.07) is -1.57. The molecule has 2 atom stereocenters. The number of amides is 1. The molecule has 0 aromatic heterocycles. The molecule has 1 fully saturated rings. The van der Waals surface area contributed by atoms with Gasteiger partial charge in [-0.3, -0.25) is 9.59 Å². The van der Waals surface area contributed by atoms with Crippen molar-refractivity contribution in [3.05, 3.63) is 0 Å². The van der Waals surface area contributed by atoms with Crippen molar-refractivity contribution >= 4 is 17.8 Å². The first-order valence-corrected chi connectivity index (χ1v) is 7.04. The first-order chi connectivity index (χ1) is 9.61. The highest BCUT2D eigenvalue weighted by Crippen LogP contribution is 2.21. The van der Waals surface area contributed by atoms with Crippen LogP contribution in [0.2, 0.25) is 0 Å². The smallest absolute Gasteiger partial charge is 0.329 e. The molecule has 1 rings (SSSR count). The Morgan fingerprint density at radius 2 is 1.95 bits per heavy atom. The maximum atomic E-state index is 12.2. The van der Waals surface area contributed by atoms with Crippen LogP contribution < -0.4 is 5.73 Å². The monoisotopic (exact) mass is 300 g/mol. The minimum Gasteiger partial charge on any atom is -0.464 e. The summed E-state index contributed by atoms with van der Waals surface area (Å²) >= 11 is 0. The van der Waals surface area contributed by atoms with Gasteiger partial charge in [0.25, 0.3) is 0 Å². The van der Waals surface area contributed by atoms with E-state index in [4.69, 9.17) is 15.2 Å². The van der Waals surface area contributed by atoms with E-state index >= 15 is 0 Å². The Morgan fingerprint density at radius 3 is 2.48 bits per heavy atom. The van der Waals surface area contributed by atoms with Crippen molar-refractivity contribution in [1.82, 2.24) is 4.90 Å². The number of carbonyl (C=O) groups excluding carboxylic acids is 3. The number of carbonyl (C=O) groups is 3. The molecule has 7 nitrogen and oxygen atoms in total. The molecule has 0 spiro atoms. The van der Waals surface area contributed by atoms with Gasteiger partial charge in [0, 0.05) is 13.5 Å². The summed E-state index contributed by atoms with van der Waals surface area (Å²) < 4.78 is 10.1. The lowest BCUT2D eigenvalue weighted by Crippen LogP contribution is -2.51. The van der Waals surface area contributed by atoms with Gasteiger partial charge in [-0.1, -0.05) is 0 Å². The Morgan fingerprint density at radius 1 is 1.33 bits per heavy atom. The van der Waals surface area contributed by atoms with E-state index in [1.165, 1.54) is 11.8 Å². The maximum absolute atomic E-state index is 12.2. The Labute approximate surface area is 124 Å². The van der Waals surface area contributed by atoms with Gasteiger partial charge in [0.05, 0.1) is 0 Å². The molecule has 1 heterocycles. The zero-order valence-corrected chi connectivity index (χ0v) is 13.0. The van der Waals surface area contributed by atoms with Crippen LogP contribution in [-0.2, 0) is 23.9 Å². The summed E-state index contributed by atoms with van der Waals surface area (Å²) in [5, 5.41) is 0. The number of hydrogen-bond acceptors (Lipinski definition) is 6. The third-order valence-electron chi connectivity index (χ3n) is 3.00. The van der Waals surface area contributed by atoms with Crippen LogP contribution >= 0.6 is 0 Å². The van der Waals surface area contributed by atoms with E-state index in [0.29, 0.717) is 13.0 Å². The third kappa shape index (κ3) is 5.34. The van der Waals surface area contributed by atoms with E-state index in [9.17, 15) is 14.4 Å². The van der Waals surface area contributed by atoms with E-state index < -0.39 is 35.5 Å². The van der Waals surface area contributed by atoms with Crippen molar-refractivity contribution < 1.29 is 23.9 Å². The summed E-state index contributed by atoms with van der Waals surface area (Å²) in [6.45, 7) is 6.84. The third-order valence-corrected chi connectivity index (χ3v) is 3.00. The maximum Gasteiger partial charge on any atom is 0.329 e. The van der Waals surface area contributed by atoms with Crippen molar-refractivity contribution in [2.24, 2.45) is 5.73 Å². The zero-order valence-electron chi connectivity index (χ0n) is 13.0. The second-order valence-electron chi connectivity index (χ2n) is 6.13. The lowest BCUT2D eigenvalue weighted by atomic mass is 10.1. The molecule has 1 aliphatic heterocycles. The van der Waals surface area contributed by atoms with Gasteiger partial charge >= 0.3 is 11.9 Å². The summed E-state index contributed by atoms with van der Waals surface area (Å²) in [5.41, 5.74) is 5.11. The van der Waals surface area contributed by atoms with E-state index in [1.807, 2.05) is 0 Å². The fourth-order valence-corrected chi connectivity index (χ4v) is 2.14. The second kappa shape index (κ2) is 6.89. The molecule has 120 valence electrons. The number of esters is 2. The van der Waals surface area contributed by atoms with Crippen LogP contribution in [-0.4, -0.2) is 53.6 Å². The van der Waals surface area contributed by atoms with Crippen LogP contribution in [0.5, 0.6) is 0 Å². The van der Waals surface area contributed by atoms with Crippen molar-refractivity contribution in [2.75, 3.05) is 13.2 Å². The van der Waals surface area contributed by atoms with E-state index in [-0.39, 0.29) is 6.61 Å². The van der Waals surface area contributed by atoms with Crippen LogP contribution in [0.1, 0.15) is 40.5 Å². The minimum absolute atomic E-state index is 0.189. The fourth-order valence-electron chi connectivity index (χ4n) is 2.14. The number of ether oxygens (including phenoxy) is 2. The average Bonchev–Trinajstić information content (AvgIpc) is 2.81. The normalized spacial score (nSPS) is 20.0. The Balaban J connectivity index is 2.65. The molecular formula is C14H24N2O5. The molecule has 0 aromatic rings. The molecule has 2 N–H and O–H groups in total. The van der Waals surface area contributed by atoms with Gasteiger partial charge in [-0.25, -0.2) is 4.79 Å². The van der Waals surface area contributed by atoms with Gasteiger partial charge in [0.2, 0.25) is 5.91 Å². The molecule has 7 heteroatoms. The average molecular weight is 300 g/mol. The first kappa shape index (κ1) is 17.4. The lowest BCUT2D eigenvalue weighted by molar-refractivity contribution is -0.164. The Hall–Kier alpha value is -1.63. The van der Waals surface area contributed by atoms with Crippen molar-refractivity contribution in [1.29, 1.82) is 0 Å². The Kier molecular flexibility index (Phi) is 5.71. The van der Waals surface area contributed by atoms with Crippen molar-refractivity contribution in [3.63, 3.8) is 0 Å². The molecule has 0 aromatic carbocycles. The molecule has 0 aliphatic carbocycles. The van der Waals surface area contributed by atoms with Gasteiger partial charge in [-0.15, -0.1) is 0 Å². The van der Waals surface area contributed by atoms with Crippen molar-refractivity contribution in [2.45, 2.75) is 58.2 Å². The summed E-state index contributed by atoms with van der Waals surface area (Å²) in [4.78, 5) is 36.5. The quantitative estimate of drug-likeness (QED) is 0.745. The van der Waals surface area contributed by atoms with E-state index in [1.54, 1.807) is 20.8 Å². The largest absolute Gasteiger partial charge is 0.464 e. The fraction of sp³-hybridized carbons (Fsp3) is 0.786. The summed E-state index contributed by atoms with van der Waals surface area (Å²) in [7, 11) is 0. The molecule has 0 bridgehead atoms. The molecule has 1 saturated heterocycles. The van der Waals surface area contributed by atoms with E-state index in [2.05, 4.69) is 0 Å². The van der Waals surface area contributed by atoms with Crippen LogP contribution in [0.25, 0.3) is 0 Å². The molecule has 1 aliphatic rings. The van der Waals surface area contributed by atoms with Gasteiger partial charge in [-0.05, 0) is 33.6 Å². The van der Waals surface area contributed by atoms with Gasteiger partial charge < -0.3 is 20.1 Å². The number of nitrogens with two attached hydrogens (primary N) is 1. The second-order valence-corrected chi connectivity index (χ2v) is 6.13. The highest BCUT2D eigenvalue weighted by molar-refractivity contribution is 5.88. The van der Waals surface area contributed by atoms with Crippen molar-refractivity contribution in [3.8, 4) is 0 Å². The molecule has 21 heavy (non-hydrogen) atoms. The van der Waals surface area contributed by atoms with Gasteiger partial charge in [-0.2, -0.15) is 0 Å². The van der Waals surface area contributed by atoms with Gasteiger partial charge in [0.15, 0.2) is 0 Å². The SMILES string of the molecule is CC(=O)OC[C@H](N)C(=O)N1CCC[C@H]1C(=O)OC(C)(C)C. The number of nitrogens with zero attached hydrogens (tertiary/aromatic N) is 1. The number of rotatable bonds is 4. The predicted octanol–water partition coefficient (Wildman–Crippen LogP) is 0.210. The highest BCUT2D eigenvalue weighted by Gasteiger charge is 2.38. The summed E-state index contributed by atoms with van der Waals surface area (Å²) in [5.74, 6) is -1.32. The molecule has 0 unspecified atom stereocenters.